The number of benzene rings is 1. The number of likely N-dealkylation sites (tertiary alicyclic amines) is 1. The summed E-state index contributed by atoms with van der Waals surface area (Å²) in [6.45, 7) is 6.53. The molecule has 1 aromatic carbocycles. The minimum atomic E-state index is -0.558. The molecule has 0 radical (unpaired) electrons. The van der Waals surface area contributed by atoms with Gasteiger partial charge in [-0.2, -0.15) is 0 Å². The fourth-order valence-corrected chi connectivity index (χ4v) is 2.96. The predicted octanol–water partition coefficient (Wildman–Crippen LogP) is 1.81. The molecule has 0 bridgehead atoms. The van der Waals surface area contributed by atoms with Crippen molar-refractivity contribution in [3.05, 3.63) is 29.8 Å². The van der Waals surface area contributed by atoms with Crippen molar-refractivity contribution in [1.29, 1.82) is 0 Å². The van der Waals surface area contributed by atoms with Crippen molar-refractivity contribution in [2.24, 2.45) is 5.41 Å². The maximum atomic E-state index is 12.7. The highest BCUT2D eigenvalue weighted by molar-refractivity contribution is 5.97. The van der Waals surface area contributed by atoms with E-state index in [9.17, 15) is 14.4 Å². The van der Waals surface area contributed by atoms with Crippen molar-refractivity contribution in [3.8, 4) is 0 Å². The summed E-state index contributed by atoms with van der Waals surface area (Å²) in [6, 6.07) is 6.53. The van der Waals surface area contributed by atoms with E-state index in [1.165, 1.54) is 0 Å². The summed E-state index contributed by atoms with van der Waals surface area (Å²) < 4.78 is 0. The van der Waals surface area contributed by atoms with Gasteiger partial charge in [0.05, 0.1) is 5.41 Å². The number of rotatable bonds is 4. The topological polar surface area (TPSA) is 90.5 Å². The number of amides is 4. The second-order valence-corrected chi connectivity index (χ2v) is 6.95. The molecular weight excluding hydrogens is 320 g/mol. The van der Waals surface area contributed by atoms with Gasteiger partial charge in [-0.25, -0.2) is 4.79 Å². The Hall–Kier alpha value is -2.57. The van der Waals surface area contributed by atoms with Crippen LogP contribution in [-0.2, 0) is 4.79 Å². The minimum absolute atomic E-state index is 0.0248. The first kappa shape index (κ1) is 18.8. The van der Waals surface area contributed by atoms with Crippen LogP contribution < -0.4 is 16.0 Å². The summed E-state index contributed by atoms with van der Waals surface area (Å²) in [7, 11) is 1.61. The van der Waals surface area contributed by atoms with Crippen molar-refractivity contribution in [1.82, 2.24) is 15.5 Å². The zero-order valence-corrected chi connectivity index (χ0v) is 15.2. The second kappa shape index (κ2) is 7.55. The van der Waals surface area contributed by atoms with Gasteiger partial charge in [0, 0.05) is 37.4 Å². The first-order valence-electron chi connectivity index (χ1n) is 8.44. The molecule has 1 aliphatic rings. The van der Waals surface area contributed by atoms with Gasteiger partial charge in [0.25, 0.3) is 5.91 Å². The lowest BCUT2D eigenvalue weighted by Crippen LogP contribution is -2.40. The Labute approximate surface area is 148 Å². The fourth-order valence-electron chi connectivity index (χ4n) is 2.96. The van der Waals surface area contributed by atoms with E-state index in [4.69, 9.17) is 0 Å². The molecule has 1 saturated heterocycles. The van der Waals surface area contributed by atoms with Crippen LogP contribution in [0.25, 0.3) is 0 Å². The van der Waals surface area contributed by atoms with Crippen molar-refractivity contribution in [2.45, 2.75) is 33.2 Å². The number of hydrogen-bond donors (Lipinski definition) is 3. The third kappa shape index (κ3) is 4.49. The molecule has 1 atom stereocenters. The highest BCUT2D eigenvalue weighted by atomic mass is 16.2. The SMILES string of the molecule is CNC(=O)[C@@]1(C)CCN(C(=O)c2cccc(NC(=O)NC(C)C)c2)C1. The van der Waals surface area contributed by atoms with Crippen LogP contribution in [0, 0.1) is 5.41 Å². The molecule has 0 aliphatic carbocycles. The Balaban J connectivity index is 2.07. The van der Waals surface area contributed by atoms with E-state index in [-0.39, 0.29) is 23.9 Å². The first-order valence-corrected chi connectivity index (χ1v) is 8.44. The molecule has 0 unspecified atom stereocenters. The molecule has 0 aromatic heterocycles. The minimum Gasteiger partial charge on any atom is -0.359 e. The molecule has 25 heavy (non-hydrogen) atoms. The van der Waals surface area contributed by atoms with Crippen LogP contribution in [0.15, 0.2) is 24.3 Å². The highest BCUT2D eigenvalue weighted by Gasteiger charge is 2.41. The lowest BCUT2D eigenvalue weighted by molar-refractivity contribution is -0.128. The van der Waals surface area contributed by atoms with Gasteiger partial charge in [-0.05, 0) is 45.4 Å². The summed E-state index contributed by atoms with van der Waals surface area (Å²) >= 11 is 0. The number of hydrogen-bond acceptors (Lipinski definition) is 3. The Morgan fingerprint density at radius 1 is 1.24 bits per heavy atom. The van der Waals surface area contributed by atoms with Gasteiger partial charge < -0.3 is 20.9 Å². The molecule has 1 fully saturated rings. The number of nitrogens with one attached hydrogen (secondary N) is 3. The van der Waals surface area contributed by atoms with E-state index < -0.39 is 5.41 Å². The molecule has 4 amide bonds. The zero-order valence-electron chi connectivity index (χ0n) is 15.2. The fraction of sp³-hybridized carbons (Fsp3) is 0.500. The Morgan fingerprint density at radius 2 is 1.96 bits per heavy atom. The van der Waals surface area contributed by atoms with Gasteiger partial charge >= 0.3 is 6.03 Å². The van der Waals surface area contributed by atoms with Gasteiger partial charge in [0.2, 0.25) is 5.91 Å². The Morgan fingerprint density at radius 3 is 2.60 bits per heavy atom. The van der Waals surface area contributed by atoms with Crippen LogP contribution in [-0.4, -0.2) is 48.9 Å². The summed E-state index contributed by atoms with van der Waals surface area (Å²) in [5, 5.41) is 8.11. The quantitative estimate of drug-likeness (QED) is 0.777. The van der Waals surface area contributed by atoms with Crippen LogP contribution >= 0.6 is 0 Å². The highest BCUT2D eigenvalue weighted by Crippen LogP contribution is 2.31. The van der Waals surface area contributed by atoms with Crippen LogP contribution in [0.4, 0.5) is 10.5 Å². The van der Waals surface area contributed by atoms with E-state index in [0.717, 1.165) is 0 Å². The van der Waals surface area contributed by atoms with E-state index in [2.05, 4.69) is 16.0 Å². The molecule has 3 N–H and O–H groups in total. The van der Waals surface area contributed by atoms with E-state index in [1.54, 1.807) is 36.2 Å². The zero-order chi connectivity index (χ0) is 18.6. The second-order valence-electron chi connectivity index (χ2n) is 6.95. The number of nitrogens with zero attached hydrogens (tertiary/aromatic N) is 1. The molecule has 7 nitrogen and oxygen atoms in total. The van der Waals surface area contributed by atoms with Crippen LogP contribution in [0.2, 0.25) is 0 Å². The van der Waals surface area contributed by atoms with E-state index >= 15 is 0 Å². The predicted molar refractivity (Wildman–Crippen MR) is 96.4 cm³/mol. The molecule has 7 heteroatoms. The molecule has 136 valence electrons. The molecule has 0 saturated carbocycles. The summed E-state index contributed by atoms with van der Waals surface area (Å²) in [6.07, 6.45) is 0.632. The van der Waals surface area contributed by atoms with Gasteiger partial charge in [0.15, 0.2) is 0 Å². The lowest BCUT2D eigenvalue weighted by Gasteiger charge is -2.23. The maximum absolute atomic E-state index is 12.7. The molecular formula is C18H26N4O3. The van der Waals surface area contributed by atoms with Crippen molar-refractivity contribution >= 4 is 23.5 Å². The van der Waals surface area contributed by atoms with Crippen LogP contribution in [0.5, 0.6) is 0 Å². The van der Waals surface area contributed by atoms with Crippen LogP contribution in [0.1, 0.15) is 37.6 Å². The Kier molecular flexibility index (Phi) is 5.66. The van der Waals surface area contributed by atoms with Gasteiger partial charge in [0.1, 0.15) is 0 Å². The average molecular weight is 346 g/mol. The van der Waals surface area contributed by atoms with Crippen LogP contribution in [0.3, 0.4) is 0 Å². The van der Waals surface area contributed by atoms with Gasteiger partial charge in [-0.3, -0.25) is 9.59 Å². The Bertz CT molecular complexity index is 674. The van der Waals surface area contributed by atoms with Gasteiger partial charge in [-0.1, -0.05) is 6.07 Å². The van der Waals surface area contributed by atoms with E-state index in [1.807, 2.05) is 20.8 Å². The normalized spacial score (nSPS) is 19.6. The number of carbonyl (C=O) groups is 3. The number of carbonyl (C=O) groups excluding carboxylic acids is 3. The van der Waals surface area contributed by atoms with Crippen molar-refractivity contribution in [2.75, 3.05) is 25.5 Å². The number of urea groups is 1. The maximum Gasteiger partial charge on any atom is 0.319 e. The van der Waals surface area contributed by atoms with Crippen molar-refractivity contribution < 1.29 is 14.4 Å². The number of anilines is 1. The molecule has 2 rings (SSSR count). The first-order chi connectivity index (χ1) is 11.7. The molecule has 1 aliphatic heterocycles. The van der Waals surface area contributed by atoms with Gasteiger partial charge in [-0.15, -0.1) is 0 Å². The molecule has 1 aromatic rings. The largest absolute Gasteiger partial charge is 0.359 e. The van der Waals surface area contributed by atoms with E-state index in [0.29, 0.717) is 30.8 Å². The summed E-state index contributed by atoms with van der Waals surface area (Å²) in [4.78, 5) is 38.2. The lowest BCUT2D eigenvalue weighted by atomic mass is 9.89. The molecule has 1 heterocycles. The third-order valence-electron chi connectivity index (χ3n) is 4.32. The average Bonchev–Trinajstić information content (AvgIpc) is 2.96. The molecule has 0 spiro atoms. The summed E-state index contributed by atoms with van der Waals surface area (Å²) in [5.41, 5.74) is 0.484. The van der Waals surface area contributed by atoms with Crippen molar-refractivity contribution in [3.63, 3.8) is 0 Å². The standard InChI is InChI=1S/C18H26N4O3/c1-12(2)20-17(25)21-14-7-5-6-13(10-14)15(23)22-9-8-18(3,11-22)16(24)19-4/h5-7,10,12H,8-9,11H2,1-4H3,(H,19,24)(H2,20,21,25)/t18-/m0/s1. The smallest absolute Gasteiger partial charge is 0.319 e. The monoisotopic (exact) mass is 346 g/mol. The third-order valence-corrected chi connectivity index (χ3v) is 4.32. The summed E-state index contributed by atoms with van der Waals surface area (Å²) in [5.74, 6) is -0.191.